The highest BCUT2D eigenvalue weighted by atomic mass is 16.5. The van der Waals surface area contributed by atoms with E-state index >= 15 is 0 Å². The number of methoxy groups -OCH3 is 1. The van der Waals surface area contributed by atoms with Gasteiger partial charge in [-0.25, -0.2) is 0 Å². The van der Waals surface area contributed by atoms with Crippen LogP contribution in [0, 0.1) is 0 Å². The van der Waals surface area contributed by atoms with Gasteiger partial charge in [-0.05, 0) is 24.1 Å². The molecule has 0 aliphatic carbocycles. The molecule has 2 rings (SSSR count). The van der Waals surface area contributed by atoms with Crippen molar-refractivity contribution in [2.24, 2.45) is 5.73 Å². The first-order chi connectivity index (χ1) is 8.24. The summed E-state index contributed by atoms with van der Waals surface area (Å²) in [5.41, 5.74) is 6.63. The van der Waals surface area contributed by atoms with Gasteiger partial charge in [0.1, 0.15) is 5.75 Å². The summed E-state index contributed by atoms with van der Waals surface area (Å²) in [6.45, 7) is 1.70. The van der Waals surface area contributed by atoms with Gasteiger partial charge in [0.25, 0.3) is 0 Å². The summed E-state index contributed by atoms with van der Waals surface area (Å²) in [6, 6.07) is 8.06. The summed E-state index contributed by atoms with van der Waals surface area (Å²) in [5, 5.41) is 0. The standard InChI is InChI=1S/C13H18N2O2/c1-17-12-4-2-10(3-5-12)11-6-7-15(9-11)13(16)8-14/h2-5,11H,6-9,14H2,1H3. The van der Waals surface area contributed by atoms with Gasteiger partial charge in [0.15, 0.2) is 0 Å². The third kappa shape index (κ3) is 2.58. The average molecular weight is 234 g/mol. The van der Waals surface area contributed by atoms with Crippen LogP contribution in [0.25, 0.3) is 0 Å². The zero-order chi connectivity index (χ0) is 12.3. The average Bonchev–Trinajstić information content (AvgIpc) is 2.87. The largest absolute Gasteiger partial charge is 0.497 e. The van der Waals surface area contributed by atoms with Crippen LogP contribution in [0.1, 0.15) is 17.9 Å². The molecular weight excluding hydrogens is 216 g/mol. The third-order valence-electron chi connectivity index (χ3n) is 3.30. The second-order valence-electron chi connectivity index (χ2n) is 4.30. The van der Waals surface area contributed by atoms with Crippen molar-refractivity contribution in [1.82, 2.24) is 4.90 Å². The molecule has 4 heteroatoms. The van der Waals surface area contributed by atoms with Gasteiger partial charge >= 0.3 is 0 Å². The third-order valence-corrected chi connectivity index (χ3v) is 3.30. The molecule has 1 unspecified atom stereocenters. The van der Waals surface area contributed by atoms with E-state index in [9.17, 15) is 4.79 Å². The number of carbonyl (C=O) groups is 1. The van der Waals surface area contributed by atoms with Gasteiger partial charge in [0, 0.05) is 19.0 Å². The Labute approximate surface area is 101 Å². The molecule has 1 heterocycles. The highest BCUT2D eigenvalue weighted by molar-refractivity contribution is 5.78. The first-order valence-electron chi connectivity index (χ1n) is 5.86. The van der Waals surface area contributed by atoms with Gasteiger partial charge in [-0.15, -0.1) is 0 Å². The zero-order valence-electron chi connectivity index (χ0n) is 10.1. The number of nitrogens with two attached hydrogens (primary N) is 1. The van der Waals surface area contributed by atoms with Gasteiger partial charge in [0.2, 0.25) is 5.91 Å². The lowest BCUT2D eigenvalue weighted by molar-refractivity contribution is -0.128. The van der Waals surface area contributed by atoms with E-state index < -0.39 is 0 Å². The van der Waals surface area contributed by atoms with Crippen molar-refractivity contribution in [3.8, 4) is 5.75 Å². The minimum atomic E-state index is 0.0426. The first kappa shape index (κ1) is 11.9. The smallest absolute Gasteiger partial charge is 0.236 e. The summed E-state index contributed by atoms with van der Waals surface area (Å²) in [6.07, 6.45) is 1.01. The first-order valence-corrected chi connectivity index (χ1v) is 5.86. The van der Waals surface area contributed by atoms with E-state index in [-0.39, 0.29) is 12.5 Å². The van der Waals surface area contributed by atoms with Crippen molar-refractivity contribution in [2.45, 2.75) is 12.3 Å². The fraction of sp³-hybridized carbons (Fsp3) is 0.462. The molecule has 1 atom stereocenters. The van der Waals surface area contributed by atoms with E-state index in [1.165, 1.54) is 5.56 Å². The molecule has 0 radical (unpaired) electrons. The van der Waals surface area contributed by atoms with Crippen LogP contribution in [0.4, 0.5) is 0 Å². The van der Waals surface area contributed by atoms with Crippen LogP contribution in [0.2, 0.25) is 0 Å². The molecule has 0 bridgehead atoms. The minimum Gasteiger partial charge on any atom is -0.497 e. The van der Waals surface area contributed by atoms with Crippen LogP contribution in [-0.4, -0.2) is 37.6 Å². The van der Waals surface area contributed by atoms with Crippen LogP contribution in [0.5, 0.6) is 5.75 Å². The van der Waals surface area contributed by atoms with Crippen molar-refractivity contribution < 1.29 is 9.53 Å². The van der Waals surface area contributed by atoms with Crippen LogP contribution in [0.15, 0.2) is 24.3 Å². The topological polar surface area (TPSA) is 55.6 Å². The van der Waals surface area contributed by atoms with Crippen molar-refractivity contribution >= 4 is 5.91 Å². The number of nitrogens with zero attached hydrogens (tertiary/aromatic N) is 1. The van der Waals surface area contributed by atoms with E-state index in [4.69, 9.17) is 10.5 Å². The predicted molar refractivity (Wildman–Crippen MR) is 66.0 cm³/mol. The number of carbonyl (C=O) groups excluding carboxylic acids is 1. The number of hydrogen-bond acceptors (Lipinski definition) is 3. The maximum Gasteiger partial charge on any atom is 0.236 e. The summed E-state index contributed by atoms with van der Waals surface area (Å²) >= 11 is 0. The molecule has 0 saturated carbocycles. The number of likely N-dealkylation sites (tertiary alicyclic amines) is 1. The Morgan fingerprint density at radius 1 is 1.47 bits per heavy atom. The predicted octanol–water partition coefficient (Wildman–Crippen LogP) is 0.970. The molecule has 4 nitrogen and oxygen atoms in total. The molecular formula is C13H18N2O2. The molecule has 1 aliphatic heterocycles. The molecule has 0 aromatic heterocycles. The van der Waals surface area contributed by atoms with Gasteiger partial charge in [-0.3, -0.25) is 4.79 Å². The molecule has 92 valence electrons. The molecule has 1 aliphatic rings. The maximum absolute atomic E-state index is 11.5. The Morgan fingerprint density at radius 3 is 2.76 bits per heavy atom. The molecule has 2 N–H and O–H groups in total. The molecule has 1 amide bonds. The van der Waals surface area contributed by atoms with Gasteiger partial charge in [0.05, 0.1) is 13.7 Å². The monoisotopic (exact) mass is 234 g/mol. The Bertz CT molecular complexity index is 389. The van der Waals surface area contributed by atoms with E-state index in [0.717, 1.165) is 25.3 Å². The van der Waals surface area contributed by atoms with E-state index in [1.807, 2.05) is 17.0 Å². The molecule has 1 saturated heterocycles. The van der Waals surface area contributed by atoms with Crippen molar-refractivity contribution in [1.29, 1.82) is 0 Å². The van der Waals surface area contributed by atoms with Crippen molar-refractivity contribution in [3.05, 3.63) is 29.8 Å². The fourth-order valence-electron chi connectivity index (χ4n) is 2.26. The molecule has 17 heavy (non-hydrogen) atoms. The lowest BCUT2D eigenvalue weighted by Gasteiger charge is -2.15. The van der Waals surface area contributed by atoms with Crippen LogP contribution in [-0.2, 0) is 4.79 Å². The van der Waals surface area contributed by atoms with Crippen LogP contribution < -0.4 is 10.5 Å². The zero-order valence-corrected chi connectivity index (χ0v) is 10.1. The summed E-state index contributed by atoms with van der Waals surface area (Å²) in [7, 11) is 1.66. The quantitative estimate of drug-likeness (QED) is 0.848. The maximum atomic E-state index is 11.5. The number of ether oxygens (including phenoxy) is 1. The van der Waals surface area contributed by atoms with Gasteiger partial charge in [-0.1, -0.05) is 12.1 Å². The molecule has 1 aromatic carbocycles. The Morgan fingerprint density at radius 2 is 2.18 bits per heavy atom. The van der Waals surface area contributed by atoms with Crippen molar-refractivity contribution in [3.63, 3.8) is 0 Å². The summed E-state index contributed by atoms with van der Waals surface area (Å²) in [4.78, 5) is 13.3. The summed E-state index contributed by atoms with van der Waals surface area (Å²) in [5.74, 6) is 1.33. The second kappa shape index (κ2) is 5.19. The molecule has 1 aromatic rings. The Balaban J connectivity index is 2.02. The Kier molecular flexibility index (Phi) is 3.64. The van der Waals surface area contributed by atoms with E-state index in [1.54, 1.807) is 7.11 Å². The molecule has 1 fully saturated rings. The second-order valence-corrected chi connectivity index (χ2v) is 4.30. The van der Waals surface area contributed by atoms with Crippen LogP contribution in [0.3, 0.4) is 0 Å². The van der Waals surface area contributed by atoms with Gasteiger partial charge < -0.3 is 15.4 Å². The highest BCUT2D eigenvalue weighted by Crippen LogP contribution is 2.28. The van der Waals surface area contributed by atoms with E-state index in [0.29, 0.717) is 5.92 Å². The number of rotatable bonds is 3. The van der Waals surface area contributed by atoms with E-state index in [2.05, 4.69) is 12.1 Å². The lowest BCUT2D eigenvalue weighted by atomic mass is 9.98. The number of amides is 1. The highest BCUT2D eigenvalue weighted by Gasteiger charge is 2.26. The molecule has 0 spiro atoms. The fourth-order valence-corrected chi connectivity index (χ4v) is 2.26. The van der Waals surface area contributed by atoms with Crippen LogP contribution >= 0.6 is 0 Å². The number of benzene rings is 1. The normalized spacial score (nSPS) is 19.4. The summed E-state index contributed by atoms with van der Waals surface area (Å²) < 4.78 is 5.13. The SMILES string of the molecule is COc1ccc(C2CCN(C(=O)CN)C2)cc1. The minimum absolute atomic E-state index is 0.0426. The van der Waals surface area contributed by atoms with Crippen molar-refractivity contribution in [2.75, 3.05) is 26.7 Å². The Hall–Kier alpha value is -1.55. The number of hydrogen-bond donors (Lipinski definition) is 1. The lowest BCUT2D eigenvalue weighted by Crippen LogP contribution is -2.33. The van der Waals surface area contributed by atoms with Gasteiger partial charge in [-0.2, -0.15) is 0 Å².